The lowest BCUT2D eigenvalue weighted by Crippen LogP contribution is -2.64. The van der Waals surface area contributed by atoms with E-state index in [9.17, 15) is 30.3 Å². The van der Waals surface area contributed by atoms with Gasteiger partial charge in [0.25, 0.3) is 0 Å². The zero-order chi connectivity index (χ0) is 14.1. The van der Waals surface area contributed by atoms with E-state index in [1.165, 1.54) is 4.90 Å². The van der Waals surface area contributed by atoms with Gasteiger partial charge in [0.15, 0.2) is 6.42 Å². The molecule has 10 heteroatoms. The summed E-state index contributed by atoms with van der Waals surface area (Å²) in [5, 5.41) is 32.7. The molecule has 0 aromatic heterocycles. The first kappa shape index (κ1) is 14.2. The molecule has 1 rings (SSSR count). The fourth-order valence-electron chi connectivity index (χ4n) is 2.03. The van der Waals surface area contributed by atoms with Crippen molar-refractivity contribution in [2.75, 3.05) is 13.1 Å². The topological polar surface area (TPSA) is 133 Å². The summed E-state index contributed by atoms with van der Waals surface area (Å²) in [6, 6.07) is -1.52. The zero-order valence-electron chi connectivity index (χ0n) is 10.0. The molecule has 102 valence electrons. The number of rotatable bonds is 4. The van der Waals surface area contributed by atoms with Crippen LogP contribution in [-0.4, -0.2) is 50.5 Å². The van der Waals surface area contributed by atoms with Gasteiger partial charge in [0.2, 0.25) is 6.04 Å². The van der Waals surface area contributed by atoms with Crippen molar-refractivity contribution in [2.24, 2.45) is 0 Å². The Morgan fingerprint density at radius 3 is 2.00 bits per heavy atom. The normalized spacial score (nSPS) is 23.8. The minimum Gasteiger partial charge on any atom is -0.281 e. The number of piperidine rings is 1. The molecule has 0 N–H and O–H groups in total. The van der Waals surface area contributed by atoms with E-state index in [1.54, 1.807) is 13.8 Å². The Hall–Kier alpha value is -1.84. The van der Waals surface area contributed by atoms with Crippen molar-refractivity contribution < 1.29 is 14.8 Å². The first-order valence-corrected chi connectivity index (χ1v) is 5.37. The summed E-state index contributed by atoms with van der Waals surface area (Å²) in [6.07, 6.45) is -0.677. The van der Waals surface area contributed by atoms with Gasteiger partial charge in [0.1, 0.15) is 16.4 Å². The van der Waals surface area contributed by atoms with E-state index in [4.69, 9.17) is 0 Å². The van der Waals surface area contributed by atoms with Crippen molar-refractivity contribution in [2.45, 2.75) is 38.0 Å². The van der Waals surface area contributed by atoms with Crippen LogP contribution >= 0.6 is 0 Å². The second kappa shape index (κ2) is 4.80. The van der Waals surface area contributed by atoms with Gasteiger partial charge in [0.05, 0.1) is 6.54 Å². The standard InChI is InChI=1S/C8H14N4O6/c1-6(2)9-4-7(10(13)14)3-8(5-9,11(15)16)12(17)18/h6-7H,3-5H2,1-2H3. The Morgan fingerprint density at radius 1 is 1.17 bits per heavy atom. The van der Waals surface area contributed by atoms with E-state index >= 15 is 0 Å². The van der Waals surface area contributed by atoms with Gasteiger partial charge in [-0.2, -0.15) is 0 Å². The Balaban J connectivity index is 3.14. The molecule has 0 spiro atoms. The van der Waals surface area contributed by atoms with E-state index < -0.39 is 39.4 Å². The van der Waals surface area contributed by atoms with E-state index in [1.807, 2.05) is 0 Å². The highest BCUT2D eigenvalue weighted by atomic mass is 16.7. The summed E-state index contributed by atoms with van der Waals surface area (Å²) in [4.78, 5) is 31.4. The van der Waals surface area contributed by atoms with E-state index in [0.29, 0.717) is 0 Å². The maximum absolute atomic E-state index is 11.0. The molecule has 10 nitrogen and oxygen atoms in total. The summed E-state index contributed by atoms with van der Waals surface area (Å²) < 4.78 is 0. The largest absolute Gasteiger partial charge is 0.477 e. The average molecular weight is 262 g/mol. The van der Waals surface area contributed by atoms with Crippen molar-refractivity contribution >= 4 is 0 Å². The highest BCUT2D eigenvalue weighted by Gasteiger charge is 2.64. The first-order valence-electron chi connectivity index (χ1n) is 5.37. The number of hydrogen-bond donors (Lipinski definition) is 0. The van der Waals surface area contributed by atoms with Crippen LogP contribution in [-0.2, 0) is 0 Å². The molecule has 1 aliphatic heterocycles. The molecule has 1 fully saturated rings. The van der Waals surface area contributed by atoms with E-state index in [0.717, 1.165) is 0 Å². The minimum absolute atomic E-state index is 0.00586. The first-order chi connectivity index (χ1) is 8.20. The van der Waals surface area contributed by atoms with Crippen molar-refractivity contribution in [3.05, 3.63) is 30.3 Å². The summed E-state index contributed by atoms with van der Waals surface area (Å²) >= 11 is 0. The molecular formula is C8H14N4O6. The second-order valence-corrected chi connectivity index (χ2v) is 4.66. The van der Waals surface area contributed by atoms with Gasteiger partial charge in [-0.05, 0) is 13.8 Å². The lowest BCUT2D eigenvalue weighted by Gasteiger charge is -2.34. The molecule has 0 radical (unpaired) electrons. The second-order valence-electron chi connectivity index (χ2n) is 4.66. The van der Waals surface area contributed by atoms with Crippen LogP contribution in [0.15, 0.2) is 0 Å². The van der Waals surface area contributed by atoms with Gasteiger partial charge in [0, 0.05) is 11.0 Å². The highest BCUT2D eigenvalue weighted by Crippen LogP contribution is 2.27. The molecule has 0 bridgehead atoms. The SMILES string of the molecule is CC(C)N1CC([N+](=O)[O-])CC([N+](=O)[O-])([N+](=O)[O-])C1. The Kier molecular flexibility index (Phi) is 3.79. The molecule has 1 unspecified atom stereocenters. The van der Waals surface area contributed by atoms with Gasteiger partial charge >= 0.3 is 5.66 Å². The molecule has 0 amide bonds. The van der Waals surface area contributed by atoms with Crippen LogP contribution in [0.5, 0.6) is 0 Å². The van der Waals surface area contributed by atoms with Crippen molar-refractivity contribution in [1.82, 2.24) is 4.90 Å². The molecule has 1 saturated heterocycles. The third-order valence-corrected chi connectivity index (χ3v) is 3.17. The monoisotopic (exact) mass is 262 g/mol. The predicted octanol–water partition coefficient (Wildman–Crippen LogP) is -0.00450. The zero-order valence-corrected chi connectivity index (χ0v) is 10.0. The number of hydrogen-bond acceptors (Lipinski definition) is 7. The van der Waals surface area contributed by atoms with Crippen LogP contribution in [0, 0.1) is 30.3 Å². The molecule has 1 atom stereocenters. The minimum atomic E-state index is -2.49. The van der Waals surface area contributed by atoms with Gasteiger partial charge in [-0.15, -0.1) is 0 Å². The van der Waals surface area contributed by atoms with Crippen molar-refractivity contribution in [3.63, 3.8) is 0 Å². The number of nitro groups is 3. The number of likely N-dealkylation sites (tertiary alicyclic amines) is 1. The summed E-state index contributed by atoms with van der Waals surface area (Å²) in [6.45, 7) is 2.96. The molecule has 0 aliphatic carbocycles. The Morgan fingerprint density at radius 2 is 1.67 bits per heavy atom. The van der Waals surface area contributed by atoms with Gasteiger partial charge in [-0.1, -0.05) is 0 Å². The highest BCUT2D eigenvalue weighted by molar-refractivity contribution is 4.86. The van der Waals surface area contributed by atoms with Crippen molar-refractivity contribution in [1.29, 1.82) is 0 Å². The summed E-state index contributed by atoms with van der Waals surface area (Å²) in [5.74, 6) is 0. The molecule has 18 heavy (non-hydrogen) atoms. The quantitative estimate of drug-likeness (QED) is 0.395. The van der Waals surface area contributed by atoms with Gasteiger partial charge in [-0.3, -0.25) is 35.2 Å². The van der Waals surface area contributed by atoms with Gasteiger partial charge in [-0.25, -0.2) is 0 Å². The summed E-state index contributed by atoms with van der Waals surface area (Å²) in [5.41, 5.74) is -2.49. The number of nitrogens with zero attached hydrogens (tertiary/aromatic N) is 4. The molecule has 1 aliphatic rings. The molecule has 1 heterocycles. The van der Waals surface area contributed by atoms with Crippen LogP contribution < -0.4 is 0 Å². The van der Waals surface area contributed by atoms with Gasteiger partial charge < -0.3 is 0 Å². The fourth-order valence-corrected chi connectivity index (χ4v) is 2.03. The maximum atomic E-state index is 11.0. The van der Waals surface area contributed by atoms with Crippen LogP contribution in [0.4, 0.5) is 0 Å². The van der Waals surface area contributed by atoms with E-state index in [-0.39, 0.29) is 12.6 Å². The average Bonchev–Trinajstić information content (AvgIpc) is 2.27. The fraction of sp³-hybridized carbons (Fsp3) is 1.00. The Labute approximate surface area is 102 Å². The molecule has 0 aromatic carbocycles. The van der Waals surface area contributed by atoms with Crippen LogP contribution in [0.2, 0.25) is 0 Å². The van der Waals surface area contributed by atoms with Crippen molar-refractivity contribution in [3.8, 4) is 0 Å². The molecule has 0 aromatic rings. The smallest absolute Gasteiger partial charge is 0.281 e. The lowest BCUT2D eigenvalue weighted by molar-refractivity contribution is -0.805. The van der Waals surface area contributed by atoms with Crippen LogP contribution in [0.25, 0.3) is 0 Å². The van der Waals surface area contributed by atoms with E-state index in [2.05, 4.69) is 0 Å². The molecule has 0 saturated carbocycles. The summed E-state index contributed by atoms with van der Waals surface area (Å²) in [7, 11) is 0. The maximum Gasteiger partial charge on any atom is 0.477 e. The third kappa shape index (κ3) is 2.37. The van der Waals surface area contributed by atoms with Crippen LogP contribution in [0.3, 0.4) is 0 Å². The van der Waals surface area contributed by atoms with Crippen LogP contribution in [0.1, 0.15) is 20.3 Å². The predicted molar refractivity (Wildman–Crippen MR) is 58.8 cm³/mol. The third-order valence-electron chi connectivity index (χ3n) is 3.17. The Bertz CT molecular complexity index is 370. The lowest BCUT2D eigenvalue weighted by atomic mass is 9.94. The molecular weight excluding hydrogens is 248 g/mol.